The summed E-state index contributed by atoms with van der Waals surface area (Å²) in [5.41, 5.74) is 1.27. The van der Waals surface area contributed by atoms with Crippen molar-refractivity contribution in [2.75, 3.05) is 19.8 Å². The zero-order chi connectivity index (χ0) is 10.5. The smallest absolute Gasteiger partial charge is 0.123 e. The lowest BCUT2D eigenvalue weighted by Gasteiger charge is -2.11. The molecular formula is C12H16FNO. The summed E-state index contributed by atoms with van der Waals surface area (Å²) in [5.74, 6) is 0.995. The van der Waals surface area contributed by atoms with Crippen LogP contribution in [0.15, 0.2) is 24.3 Å². The number of alkyl halides is 1. The highest BCUT2D eigenvalue weighted by molar-refractivity contribution is 5.37. The van der Waals surface area contributed by atoms with Crippen molar-refractivity contribution in [1.82, 2.24) is 5.32 Å². The molecular weight excluding hydrogens is 193 g/mol. The van der Waals surface area contributed by atoms with E-state index in [9.17, 15) is 4.39 Å². The van der Waals surface area contributed by atoms with Crippen LogP contribution in [0.3, 0.4) is 0 Å². The molecule has 1 atom stereocenters. The third kappa shape index (κ3) is 2.69. The van der Waals surface area contributed by atoms with E-state index in [2.05, 4.69) is 11.4 Å². The van der Waals surface area contributed by atoms with Crippen molar-refractivity contribution in [1.29, 1.82) is 0 Å². The van der Waals surface area contributed by atoms with Gasteiger partial charge in [-0.25, -0.2) is 0 Å². The van der Waals surface area contributed by atoms with E-state index in [1.807, 2.05) is 18.2 Å². The first-order valence-corrected chi connectivity index (χ1v) is 5.41. The van der Waals surface area contributed by atoms with Gasteiger partial charge in [0, 0.05) is 13.0 Å². The van der Waals surface area contributed by atoms with Gasteiger partial charge in [0.2, 0.25) is 0 Å². The Balaban J connectivity index is 1.76. The Labute approximate surface area is 89.4 Å². The largest absolute Gasteiger partial charge is 0.488 e. The molecule has 0 aliphatic carbocycles. The molecule has 1 aliphatic heterocycles. The fourth-order valence-electron chi connectivity index (χ4n) is 1.82. The topological polar surface area (TPSA) is 21.3 Å². The van der Waals surface area contributed by atoms with Crippen LogP contribution in [0.25, 0.3) is 0 Å². The van der Waals surface area contributed by atoms with Gasteiger partial charge < -0.3 is 10.1 Å². The minimum atomic E-state index is -0.251. The SMILES string of the molecule is FCCCNCC1Cc2ccccc2O1. The molecule has 82 valence electrons. The molecule has 0 spiro atoms. The number of benzene rings is 1. The first kappa shape index (κ1) is 10.4. The second-order valence-electron chi connectivity index (χ2n) is 3.80. The van der Waals surface area contributed by atoms with E-state index in [4.69, 9.17) is 4.74 Å². The van der Waals surface area contributed by atoms with E-state index in [-0.39, 0.29) is 12.8 Å². The molecule has 1 aromatic carbocycles. The Morgan fingerprint density at radius 3 is 3.07 bits per heavy atom. The number of rotatable bonds is 5. The summed E-state index contributed by atoms with van der Waals surface area (Å²) in [6.07, 6.45) is 1.75. The second-order valence-corrected chi connectivity index (χ2v) is 3.80. The quantitative estimate of drug-likeness (QED) is 0.748. The number of nitrogens with one attached hydrogen (secondary N) is 1. The minimum absolute atomic E-state index is 0.210. The lowest BCUT2D eigenvalue weighted by atomic mass is 10.1. The van der Waals surface area contributed by atoms with Crippen molar-refractivity contribution in [2.24, 2.45) is 0 Å². The highest BCUT2D eigenvalue weighted by Gasteiger charge is 2.21. The summed E-state index contributed by atoms with van der Waals surface area (Å²) in [6, 6.07) is 8.10. The van der Waals surface area contributed by atoms with Crippen LogP contribution in [0, 0.1) is 0 Å². The van der Waals surface area contributed by atoms with Crippen molar-refractivity contribution in [3.63, 3.8) is 0 Å². The van der Waals surface area contributed by atoms with Crippen LogP contribution in [-0.2, 0) is 6.42 Å². The number of halogens is 1. The van der Waals surface area contributed by atoms with Gasteiger partial charge in [-0.05, 0) is 24.6 Å². The van der Waals surface area contributed by atoms with Gasteiger partial charge in [-0.2, -0.15) is 0 Å². The molecule has 0 radical (unpaired) electrons. The predicted octanol–water partition coefficient (Wildman–Crippen LogP) is 1.94. The van der Waals surface area contributed by atoms with Gasteiger partial charge in [-0.1, -0.05) is 18.2 Å². The molecule has 2 nitrogen and oxygen atoms in total. The molecule has 3 heteroatoms. The summed E-state index contributed by atoms with van der Waals surface area (Å²) in [5, 5.41) is 3.20. The third-order valence-electron chi connectivity index (χ3n) is 2.57. The average Bonchev–Trinajstić information content (AvgIpc) is 2.67. The van der Waals surface area contributed by atoms with Crippen molar-refractivity contribution in [2.45, 2.75) is 18.9 Å². The van der Waals surface area contributed by atoms with Gasteiger partial charge in [-0.15, -0.1) is 0 Å². The van der Waals surface area contributed by atoms with Crippen molar-refractivity contribution >= 4 is 0 Å². The van der Waals surface area contributed by atoms with Gasteiger partial charge >= 0.3 is 0 Å². The summed E-state index contributed by atoms with van der Waals surface area (Å²) in [6.45, 7) is 1.28. The molecule has 1 unspecified atom stereocenters. The van der Waals surface area contributed by atoms with Crippen molar-refractivity contribution in [3.05, 3.63) is 29.8 Å². The molecule has 0 saturated carbocycles. The van der Waals surface area contributed by atoms with Crippen LogP contribution in [0.2, 0.25) is 0 Å². The highest BCUT2D eigenvalue weighted by Crippen LogP contribution is 2.27. The van der Waals surface area contributed by atoms with Crippen LogP contribution in [0.1, 0.15) is 12.0 Å². The van der Waals surface area contributed by atoms with Gasteiger partial charge in [0.15, 0.2) is 0 Å². The van der Waals surface area contributed by atoms with Crippen molar-refractivity contribution < 1.29 is 9.13 Å². The first-order chi connectivity index (χ1) is 7.40. The van der Waals surface area contributed by atoms with Crippen LogP contribution >= 0.6 is 0 Å². The molecule has 1 heterocycles. The second kappa shape index (κ2) is 5.12. The molecule has 0 aromatic heterocycles. The van der Waals surface area contributed by atoms with E-state index >= 15 is 0 Å². The van der Waals surface area contributed by atoms with E-state index in [1.54, 1.807) is 0 Å². The van der Waals surface area contributed by atoms with Crippen LogP contribution in [-0.4, -0.2) is 25.9 Å². The number of para-hydroxylation sites is 1. The minimum Gasteiger partial charge on any atom is -0.488 e. The lowest BCUT2D eigenvalue weighted by Crippen LogP contribution is -2.30. The first-order valence-electron chi connectivity index (χ1n) is 5.41. The summed E-state index contributed by atoms with van der Waals surface area (Å²) >= 11 is 0. The Hall–Kier alpha value is -1.09. The zero-order valence-electron chi connectivity index (χ0n) is 8.71. The Bertz CT molecular complexity index is 291. The Kier molecular flexibility index (Phi) is 3.56. The van der Waals surface area contributed by atoms with Crippen LogP contribution < -0.4 is 10.1 Å². The number of ether oxygens (including phenoxy) is 1. The maximum absolute atomic E-state index is 11.8. The van der Waals surface area contributed by atoms with E-state index in [0.29, 0.717) is 6.42 Å². The summed E-state index contributed by atoms with van der Waals surface area (Å²) in [7, 11) is 0. The lowest BCUT2D eigenvalue weighted by molar-refractivity contribution is 0.227. The molecule has 0 saturated heterocycles. The summed E-state index contributed by atoms with van der Waals surface area (Å²) < 4.78 is 17.6. The average molecular weight is 209 g/mol. The van der Waals surface area contributed by atoms with Crippen LogP contribution in [0.4, 0.5) is 4.39 Å². The van der Waals surface area contributed by atoms with E-state index < -0.39 is 0 Å². The van der Waals surface area contributed by atoms with Crippen LogP contribution in [0.5, 0.6) is 5.75 Å². The van der Waals surface area contributed by atoms with Crippen molar-refractivity contribution in [3.8, 4) is 5.75 Å². The standard InChI is InChI=1S/C12H16FNO/c13-6-3-7-14-9-11-8-10-4-1-2-5-12(10)15-11/h1-2,4-5,11,14H,3,6-9H2. The number of fused-ring (bicyclic) bond motifs is 1. The molecule has 2 rings (SSSR count). The third-order valence-corrected chi connectivity index (χ3v) is 2.57. The van der Waals surface area contributed by atoms with Gasteiger partial charge in [0.05, 0.1) is 6.67 Å². The van der Waals surface area contributed by atoms with Gasteiger partial charge in [0.25, 0.3) is 0 Å². The van der Waals surface area contributed by atoms with E-state index in [1.165, 1.54) is 5.56 Å². The molecule has 0 fully saturated rings. The summed E-state index contributed by atoms with van der Waals surface area (Å²) in [4.78, 5) is 0. The molecule has 1 aromatic rings. The maximum atomic E-state index is 11.8. The van der Waals surface area contributed by atoms with E-state index in [0.717, 1.165) is 25.3 Å². The molecule has 0 bridgehead atoms. The fourth-order valence-corrected chi connectivity index (χ4v) is 1.82. The molecule has 15 heavy (non-hydrogen) atoms. The molecule has 0 amide bonds. The Morgan fingerprint density at radius 2 is 2.27 bits per heavy atom. The van der Waals surface area contributed by atoms with Gasteiger partial charge in [0.1, 0.15) is 11.9 Å². The molecule has 1 aliphatic rings. The Morgan fingerprint density at radius 1 is 1.40 bits per heavy atom. The predicted molar refractivity (Wildman–Crippen MR) is 58.0 cm³/mol. The number of hydrogen-bond donors (Lipinski definition) is 1. The number of hydrogen-bond acceptors (Lipinski definition) is 2. The highest BCUT2D eigenvalue weighted by atomic mass is 19.1. The maximum Gasteiger partial charge on any atom is 0.123 e. The fraction of sp³-hybridized carbons (Fsp3) is 0.500. The zero-order valence-corrected chi connectivity index (χ0v) is 8.71. The van der Waals surface area contributed by atoms with Gasteiger partial charge in [-0.3, -0.25) is 4.39 Å². The normalized spacial score (nSPS) is 18.6. The monoisotopic (exact) mass is 209 g/mol. The molecule has 1 N–H and O–H groups in total.